The lowest BCUT2D eigenvalue weighted by Gasteiger charge is -2.23. The fourth-order valence-corrected chi connectivity index (χ4v) is 3.98. The summed E-state index contributed by atoms with van der Waals surface area (Å²) in [5.41, 5.74) is 19.2. The SMILES string of the molecule is C[C@H](NC(=O)[C@@H](N)CCC(=O)OCc1ccccc1)C(=O)C(CN=C(N)N)C[C@H](N[N+](=O)[O-])C(=O)Nc1ccc([N+](=O)[O-])cc1. The zero-order chi connectivity index (χ0) is 33.5. The Balaban J connectivity index is 2.04. The molecule has 0 spiro atoms. The number of esters is 1. The number of ether oxygens (including phenoxy) is 1. The highest BCUT2D eigenvalue weighted by molar-refractivity contribution is 5.96. The Bertz CT molecular complexity index is 1380. The molecule has 0 fully saturated rings. The maximum Gasteiger partial charge on any atom is 0.306 e. The van der Waals surface area contributed by atoms with E-state index in [1.165, 1.54) is 19.1 Å². The highest BCUT2D eigenvalue weighted by Crippen LogP contribution is 2.18. The van der Waals surface area contributed by atoms with Gasteiger partial charge in [0.05, 0.1) is 23.6 Å². The average molecular weight is 630 g/mol. The van der Waals surface area contributed by atoms with Gasteiger partial charge in [-0.2, -0.15) is 0 Å². The van der Waals surface area contributed by atoms with Crippen LogP contribution in [0.1, 0.15) is 31.7 Å². The molecule has 0 bridgehead atoms. The molecule has 2 rings (SSSR count). The molecule has 0 heterocycles. The number of nitrogens with zero attached hydrogens (tertiary/aromatic N) is 3. The molecule has 45 heavy (non-hydrogen) atoms. The number of benzene rings is 2. The van der Waals surface area contributed by atoms with E-state index < -0.39 is 64.0 Å². The number of amides is 2. The van der Waals surface area contributed by atoms with E-state index in [0.717, 1.165) is 17.7 Å². The Morgan fingerprint density at radius 2 is 1.62 bits per heavy atom. The van der Waals surface area contributed by atoms with Gasteiger partial charge in [0.15, 0.2) is 22.8 Å². The van der Waals surface area contributed by atoms with Crippen LogP contribution in [-0.2, 0) is 30.5 Å². The zero-order valence-electron chi connectivity index (χ0n) is 24.3. The molecule has 0 aliphatic heterocycles. The number of hydrogen-bond donors (Lipinski definition) is 6. The van der Waals surface area contributed by atoms with Crippen molar-refractivity contribution in [2.75, 3.05) is 11.9 Å². The molecular formula is C27H35N9O9. The third-order valence-corrected chi connectivity index (χ3v) is 6.36. The number of guanidine groups is 1. The van der Waals surface area contributed by atoms with E-state index in [1.54, 1.807) is 24.3 Å². The quantitative estimate of drug-likeness (QED) is 0.0413. The van der Waals surface area contributed by atoms with Crippen LogP contribution >= 0.6 is 0 Å². The Hall–Kier alpha value is -5.65. The lowest BCUT2D eigenvalue weighted by atomic mass is 9.91. The molecule has 2 amide bonds. The number of hydrazine groups is 1. The van der Waals surface area contributed by atoms with Crippen molar-refractivity contribution in [3.05, 3.63) is 80.4 Å². The van der Waals surface area contributed by atoms with E-state index in [9.17, 15) is 39.4 Å². The minimum absolute atomic E-state index is 0.0576. The van der Waals surface area contributed by atoms with Gasteiger partial charge >= 0.3 is 5.97 Å². The van der Waals surface area contributed by atoms with E-state index in [2.05, 4.69) is 15.6 Å². The normalized spacial score (nSPS) is 13.2. The number of nitrogens with one attached hydrogen (secondary N) is 3. The summed E-state index contributed by atoms with van der Waals surface area (Å²) in [4.78, 5) is 76.3. The number of anilines is 1. The van der Waals surface area contributed by atoms with Crippen molar-refractivity contribution in [3.63, 3.8) is 0 Å². The molecule has 18 heteroatoms. The van der Waals surface area contributed by atoms with Gasteiger partial charge in [-0.15, -0.1) is 5.43 Å². The van der Waals surface area contributed by atoms with E-state index in [0.29, 0.717) is 0 Å². The summed E-state index contributed by atoms with van der Waals surface area (Å²) >= 11 is 0. The maximum atomic E-state index is 13.3. The first kappa shape index (κ1) is 35.5. The van der Waals surface area contributed by atoms with Gasteiger partial charge in [-0.05, 0) is 37.5 Å². The fourth-order valence-electron chi connectivity index (χ4n) is 3.98. The van der Waals surface area contributed by atoms with Crippen molar-refractivity contribution < 1.29 is 33.9 Å². The second-order valence-corrected chi connectivity index (χ2v) is 9.85. The Kier molecular flexibility index (Phi) is 13.8. The first-order chi connectivity index (χ1) is 21.3. The fraction of sp³-hybridized carbons (Fsp3) is 0.370. The Morgan fingerprint density at radius 3 is 2.20 bits per heavy atom. The molecule has 1 unspecified atom stereocenters. The summed E-state index contributed by atoms with van der Waals surface area (Å²) in [6.45, 7) is 1.03. The molecule has 0 aliphatic carbocycles. The summed E-state index contributed by atoms with van der Waals surface area (Å²) in [6.07, 6.45) is -0.709. The molecular weight excluding hydrogens is 594 g/mol. The largest absolute Gasteiger partial charge is 0.461 e. The minimum atomic E-state index is -1.59. The first-order valence-electron chi connectivity index (χ1n) is 13.6. The molecule has 2 aromatic carbocycles. The second-order valence-electron chi connectivity index (χ2n) is 9.85. The number of Topliss-reactive ketones (excluding diaryl/α,β-unsaturated/α-hetero) is 1. The van der Waals surface area contributed by atoms with Crippen LogP contribution in [0.2, 0.25) is 0 Å². The van der Waals surface area contributed by atoms with Crippen LogP contribution in [0.25, 0.3) is 0 Å². The van der Waals surface area contributed by atoms with Crippen molar-refractivity contribution in [2.24, 2.45) is 28.1 Å². The van der Waals surface area contributed by atoms with Crippen molar-refractivity contribution >= 4 is 40.9 Å². The van der Waals surface area contributed by atoms with E-state index in [-0.39, 0.29) is 43.3 Å². The summed E-state index contributed by atoms with van der Waals surface area (Å²) in [5.74, 6) is -4.50. The summed E-state index contributed by atoms with van der Waals surface area (Å²) in [7, 11) is 0. The predicted molar refractivity (Wildman–Crippen MR) is 160 cm³/mol. The third kappa shape index (κ3) is 12.6. The van der Waals surface area contributed by atoms with Crippen LogP contribution < -0.4 is 33.3 Å². The van der Waals surface area contributed by atoms with E-state index in [1.807, 2.05) is 11.5 Å². The smallest absolute Gasteiger partial charge is 0.306 e. The van der Waals surface area contributed by atoms with Gasteiger partial charge in [0.2, 0.25) is 5.91 Å². The summed E-state index contributed by atoms with van der Waals surface area (Å²) < 4.78 is 5.16. The predicted octanol–water partition coefficient (Wildman–Crippen LogP) is -0.112. The zero-order valence-corrected chi connectivity index (χ0v) is 24.3. The van der Waals surface area contributed by atoms with Gasteiger partial charge in [0.1, 0.15) is 6.61 Å². The number of nitro benzene ring substituents is 1. The van der Waals surface area contributed by atoms with Gasteiger partial charge in [0.25, 0.3) is 11.6 Å². The van der Waals surface area contributed by atoms with Crippen LogP contribution in [0.3, 0.4) is 0 Å². The molecule has 0 aliphatic rings. The average Bonchev–Trinajstić information content (AvgIpc) is 3.00. The number of nitro groups is 2. The first-order valence-corrected chi connectivity index (χ1v) is 13.6. The van der Waals surface area contributed by atoms with Crippen molar-refractivity contribution in [3.8, 4) is 0 Å². The highest BCUT2D eigenvalue weighted by atomic mass is 16.7. The van der Waals surface area contributed by atoms with Crippen molar-refractivity contribution in [1.82, 2.24) is 10.7 Å². The van der Waals surface area contributed by atoms with Crippen molar-refractivity contribution in [2.45, 2.75) is 50.9 Å². The number of nitrogens with two attached hydrogens (primary N) is 3. The monoisotopic (exact) mass is 629 g/mol. The molecule has 2 aromatic rings. The highest BCUT2D eigenvalue weighted by Gasteiger charge is 2.33. The number of hydrogen-bond acceptors (Lipinski definition) is 11. The van der Waals surface area contributed by atoms with Crippen LogP contribution in [0.15, 0.2) is 59.6 Å². The molecule has 4 atom stereocenters. The molecule has 242 valence electrons. The van der Waals surface area contributed by atoms with Gasteiger partial charge in [-0.25, -0.2) is 10.1 Å². The van der Waals surface area contributed by atoms with Gasteiger partial charge < -0.3 is 32.6 Å². The number of rotatable bonds is 18. The Labute approximate surface area is 257 Å². The van der Waals surface area contributed by atoms with Gasteiger partial charge in [0, 0.05) is 30.2 Å². The van der Waals surface area contributed by atoms with E-state index >= 15 is 0 Å². The minimum Gasteiger partial charge on any atom is -0.461 e. The molecule has 0 saturated carbocycles. The number of carbonyl (C=O) groups is 4. The number of ketones is 1. The van der Waals surface area contributed by atoms with Gasteiger partial charge in [-0.3, -0.25) is 34.3 Å². The molecule has 9 N–H and O–H groups in total. The molecule has 0 aromatic heterocycles. The van der Waals surface area contributed by atoms with Gasteiger partial charge in [-0.1, -0.05) is 30.3 Å². The standard InChI is InChI=1S/C27H35N9O9/c1-16(32-25(39)21(28)11-12-23(37)45-15-17-5-3-2-4-6-17)24(38)18(14-31-27(29)30)13-22(34-36(43)44)26(40)33-19-7-9-20(10-8-19)35(41)42/h2-10,16,18,21-22,34H,11-15,28H2,1H3,(H,32,39)(H,33,40)(H4,29,30,31)/t16-,18?,21-,22-/m0/s1. The topological polar surface area (TPSA) is 290 Å². The van der Waals surface area contributed by atoms with Crippen LogP contribution in [0.5, 0.6) is 0 Å². The molecule has 0 saturated heterocycles. The van der Waals surface area contributed by atoms with Crippen LogP contribution in [0, 0.1) is 26.1 Å². The third-order valence-electron chi connectivity index (χ3n) is 6.36. The number of aliphatic imine (C=N–C) groups is 1. The molecule has 18 nitrogen and oxygen atoms in total. The lowest BCUT2D eigenvalue weighted by Crippen LogP contribution is -2.51. The molecule has 0 radical (unpaired) electrons. The number of carbonyl (C=O) groups excluding carboxylic acids is 4. The maximum absolute atomic E-state index is 13.3. The van der Waals surface area contributed by atoms with Crippen LogP contribution in [-0.4, -0.2) is 64.2 Å². The second kappa shape index (κ2) is 17.5. The number of non-ortho nitro benzene ring substituents is 1. The summed E-state index contributed by atoms with van der Waals surface area (Å²) in [6, 6.07) is 9.73. The van der Waals surface area contributed by atoms with Crippen molar-refractivity contribution in [1.29, 1.82) is 0 Å². The Morgan fingerprint density at radius 1 is 0.978 bits per heavy atom. The van der Waals surface area contributed by atoms with E-state index in [4.69, 9.17) is 21.9 Å². The van der Waals surface area contributed by atoms with Crippen LogP contribution in [0.4, 0.5) is 11.4 Å². The summed E-state index contributed by atoms with van der Waals surface area (Å²) in [5, 5.41) is 26.0. The lowest BCUT2D eigenvalue weighted by molar-refractivity contribution is -0.548.